The second-order valence-electron chi connectivity index (χ2n) is 3.97. The summed E-state index contributed by atoms with van der Waals surface area (Å²) < 4.78 is 9.54. The van der Waals surface area contributed by atoms with E-state index in [2.05, 4.69) is 5.32 Å². The molecule has 17 heavy (non-hydrogen) atoms. The minimum absolute atomic E-state index is 0.105. The van der Waals surface area contributed by atoms with Gasteiger partial charge in [-0.15, -0.1) is 0 Å². The molecule has 1 N–H and O–H groups in total. The number of ether oxygens (including phenoxy) is 2. The first-order chi connectivity index (χ1) is 7.91. The van der Waals surface area contributed by atoms with Crippen LogP contribution in [0.5, 0.6) is 0 Å². The Hall–Kier alpha value is -1.36. The largest absolute Gasteiger partial charge is 0.465 e. The van der Waals surface area contributed by atoms with Gasteiger partial charge in [0.2, 0.25) is 0 Å². The first-order valence-corrected chi connectivity index (χ1v) is 5.68. The SMILES string of the molecule is CCOC(=O)/C=C/C(C)(C)NCC(=O)OCC. The molecule has 0 aromatic heterocycles. The van der Waals surface area contributed by atoms with E-state index in [1.54, 1.807) is 19.9 Å². The Morgan fingerprint density at radius 2 is 1.76 bits per heavy atom. The van der Waals surface area contributed by atoms with Crippen molar-refractivity contribution in [3.05, 3.63) is 12.2 Å². The molecule has 0 saturated carbocycles. The molecule has 0 unspecified atom stereocenters. The van der Waals surface area contributed by atoms with E-state index in [4.69, 9.17) is 9.47 Å². The van der Waals surface area contributed by atoms with Crippen LogP contribution in [0.15, 0.2) is 12.2 Å². The Morgan fingerprint density at radius 1 is 1.18 bits per heavy atom. The normalized spacial score (nSPS) is 11.5. The predicted molar refractivity (Wildman–Crippen MR) is 64.5 cm³/mol. The van der Waals surface area contributed by atoms with Gasteiger partial charge in [-0.3, -0.25) is 10.1 Å². The maximum absolute atomic E-state index is 11.1. The highest BCUT2D eigenvalue weighted by molar-refractivity contribution is 5.82. The summed E-state index contributed by atoms with van der Waals surface area (Å²) in [7, 11) is 0. The van der Waals surface area contributed by atoms with Gasteiger partial charge in [0.05, 0.1) is 19.8 Å². The number of nitrogens with one attached hydrogen (secondary N) is 1. The zero-order chi connectivity index (χ0) is 13.3. The Labute approximate surface area is 102 Å². The molecule has 0 amide bonds. The van der Waals surface area contributed by atoms with Crippen molar-refractivity contribution in [3.8, 4) is 0 Å². The first-order valence-electron chi connectivity index (χ1n) is 5.68. The van der Waals surface area contributed by atoms with Crippen molar-refractivity contribution in [1.82, 2.24) is 5.32 Å². The lowest BCUT2D eigenvalue weighted by Gasteiger charge is -2.21. The Morgan fingerprint density at radius 3 is 2.29 bits per heavy atom. The van der Waals surface area contributed by atoms with Crippen LogP contribution in [0.2, 0.25) is 0 Å². The highest BCUT2D eigenvalue weighted by Crippen LogP contribution is 2.04. The van der Waals surface area contributed by atoms with Gasteiger partial charge in [-0.05, 0) is 27.7 Å². The fourth-order valence-corrected chi connectivity index (χ4v) is 1.04. The van der Waals surface area contributed by atoms with Gasteiger partial charge in [-0.25, -0.2) is 4.79 Å². The molecule has 0 spiro atoms. The van der Waals surface area contributed by atoms with E-state index in [1.165, 1.54) is 6.08 Å². The van der Waals surface area contributed by atoms with Crippen LogP contribution in [0, 0.1) is 0 Å². The Kier molecular flexibility index (Phi) is 7.21. The maximum Gasteiger partial charge on any atom is 0.330 e. The number of carbonyl (C=O) groups excluding carboxylic acids is 2. The molecule has 5 heteroatoms. The molecule has 0 bridgehead atoms. The van der Waals surface area contributed by atoms with Gasteiger partial charge >= 0.3 is 11.9 Å². The average Bonchev–Trinajstić information content (AvgIpc) is 2.25. The summed E-state index contributed by atoms with van der Waals surface area (Å²) in [5, 5.41) is 2.97. The Bertz CT molecular complexity index is 284. The van der Waals surface area contributed by atoms with E-state index >= 15 is 0 Å². The van der Waals surface area contributed by atoms with Gasteiger partial charge in [0, 0.05) is 11.6 Å². The summed E-state index contributed by atoms with van der Waals surface area (Å²) >= 11 is 0. The van der Waals surface area contributed by atoms with Crippen LogP contribution in [0.4, 0.5) is 0 Å². The summed E-state index contributed by atoms with van der Waals surface area (Å²) in [6.45, 7) is 8.01. The van der Waals surface area contributed by atoms with Gasteiger partial charge in [0.1, 0.15) is 0 Å². The van der Waals surface area contributed by atoms with Crippen molar-refractivity contribution in [1.29, 1.82) is 0 Å². The predicted octanol–water partition coefficient (Wildman–Crippen LogP) is 1.04. The highest BCUT2D eigenvalue weighted by atomic mass is 16.5. The van der Waals surface area contributed by atoms with Gasteiger partial charge in [-0.1, -0.05) is 6.08 Å². The molecule has 0 aliphatic rings. The third-order valence-corrected chi connectivity index (χ3v) is 1.92. The number of rotatable bonds is 7. The minimum Gasteiger partial charge on any atom is -0.465 e. The lowest BCUT2D eigenvalue weighted by atomic mass is 10.1. The molecular weight excluding hydrogens is 222 g/mol. The van der Waals surface area contributed by atoms with Crippen LogP contribution in [-0.4, -0.2) is 37.2 Å². The quantitative estimate of drug-likeness (QED) is 0.534. The van der Waals surface area contributed by atoms with Crippen molar-refractivity contribution in [2.75, 3.05) is 19.8 Å². The standard InChI is InChI=1S/C12H21NO4/c1-5-16-10(14)7-8-12(3,4)13-9-11(15)17-6-2/h7-8,13H,5-6,9H2,1-4H3/b8-7+. The molecule has 0 fully saturated rings. The molecule has 0 aromatic carbocycles. The molecule has 5 nitrogen and oxygen atoms in total. The molecular formula is C12H21NO4. The molecule has 0 rings (SSSR count). The number of hydrogen-bond donors (Lipinski definition) is 1. The average molecular weight is 243 g/mol. The summed E-state index contributed by atoms with van der Waals surface area (Å²) in [4.78, 5) is 22.2. The third kappa shape index (κ3) is 8.45. The van der Waals surface area contributed by atoms with Crippen molar-refractivity contribution in [2.45, 2.75) is 33.2 Å². The van der Waals surface area contributed by atoms with Crippen LogP contribution < -0.4 is 5.32 Å². The fourth-order valence-electron chi connectivity index (χ4n) is 1.04. The van der Waals surface area contributed by atoms with Gasteiger partial charge in [0.25, 0.3) is 0 Å². The molecule has 0 atom stereocenters. The summed E-state index contributed by atoms with van der Waals surface area (Å²) in [6.07, 6.45) is 3.01. The first kappa shape index (κ1) is 15.6. The molecule has 0 saturated heterocycles. The maximum atomic E-state index is 11.1. The molecule has 0 radical (unpaired) electrons. The molecule has 0 aliphatic heterocycles. The van der Waals surface area contributed by atoms with Gasteiger partial charge < -0.3 is 9.47 Å². The smallest absolute Gasteiger partial charge is 0.330 e. The van der Waals surface area contributed by atoms with Crippen molar-refractivity contribution in [3.63, 3.8) is 0 Å². The number of carbonyl (C=O) groups is 2. The highest BCUT2D eigenvalue weighted by Gasteiger charge is 2.15. The van der Waals surface area contributed by atoms with Crippen LogP contribution in [-0.2, 0) is 19.1 Å². The van der Waals surface area contributed by atoms with E-state index in [1.807, 2.05) is 13.8 Å². The van der Waals surface area contributed by atoms with Crippen molar-refractivity contribution >= 4 is 11.9 Å². The topological polar surface area (TPSA) is 64.6 Å². The lowest BCUT2D eigenvalue weighted by Crippen LogP contribution is -2.41. The van der Waals surface area contributed by atoms with Crippen LogP contribution >= 0.6 is 0 Å². The molecule has 98 valence electrons. The molecule has 0 aromatic rings. The van der Waals surface area contributed by atoms with E-state index in [0.717, 1.165) is 0 Å². The van der Waals surface area contributed by atoms with Crippen LogP contribution in [0.25, 0.3) is 0 Å². The van der Waals surface area contributed by atoms with E-state index in [9.17, 15) is 9.59 Å². The van der Waals surface area contributed by atoms with Crippen LogP contribution in [0.1, 0.15) is 27.7 Å². The second kappa shape index (κ2) is 7.84. The third-order valence-electron chi connectivity index (χ3n) is 1.92. The summed E-state index contributed by atoms with van der Waals surface area (Å²) in [6, 6.07) is 0. The van der Waals surface area contributed by atoms with Crippen molar-refractivity contribution < 1.29 is 19.1 Å². The Balaban J connectivity index is 4.10. The minimum atomic E-state index is -0.473. The van der Waals surface area contributed by atoms with Gasteiger partial charge in [0.15, 0.2) is 0 Å². The second-order valence-corrected chi connectivity index (χ2v) is 3.97. The molecule has 0 aliphatic carbocycles. The summed E-state index contributed by atoms with van der Waals surface area (Å²) in [5.74, 6) is -0.705. The zero-order valence-corrected chi connectivity index (χ0v) is 10.9. The fraction of sp³-hybridized carbons (Fsp3) is 0.667. The van der Waals surface area contributed by atoms with Crippen LogP contribution in [0.3, 0.4) is 0 Å². The van der Waals surface area contributed by atoms with E-state index in [0.29, 0.717) is 13.2 Å². The molecule has 0 heterocycles. The lowest BCUT2D eigenvalue weighted by molar-refractivity contribution is -0.142. The van der Waals surface area contributed by atoms with E-state index in [-0.39, 0.29) is 12.5 Å². The van der Waals surface area contributed by atoms with Crippen molar-refractivity contribution in [2.24, 2.45) is 0 Å². The number of esters is 2. The monoisotopic (exact) mass is 243 g/mol. The van der Waals surface area contributed by atoms with E-state index < -0.39 is 11.5 Å². The zero-order valence-electron chi connectivity index (χ0n) is 10.9. The van der Waals surface area contributed by atoms with Gasteiger partial charge in [-0.2, -0.15) is 0 Å². The number of hydrogen-bond acceptors (Lipinski definition) is 5. The summed E-state index contributed by atoms with van der Waals surface area (Å²) in [5.41, 5.74) is -0.473.